The molecule has 0 atom stereocenters. The van der Waals surface area contributed by atoms with Crippen molar-refractivity contribution in [3.63, 3.8) is 0 Å². The van der Waals surface area contributed by atoms with Gasteiger partial charge in [-0.2, -0.15) is 0 Å². The monoisotopic (exact) mass is 358 g/mol. The quantitative estimate of drug-likeness (QED) is 0.647. The molecule has 25 heavy (non-hydrogen) atoms. The van der Waals surface area contributed by atoms with Crippen molar-refractivity contribution in [2.45, 2.75) is 19.5 Å². The van der Waals surface area contributed by atoms with Crippen molar-refractivity contribution in [3.05, 3.63) is 64.5 Å². The lowest BCUT2D eigenvalue weighted by molar-refractivity contribution is -0.688. The van der Waals surface area contributed by atoms with Gasteiger partial charge in [0.15, 0.2) is 5.76 Å². The molecule has 3 aromatic rings. The minimum atomic E-state index is -0.107. The van der Waals surface area contributed by atoms with E-state index in [1.807, 2.05) is 41.8 Å². The Bertz CT molecular complexity index is 815. The molecule has 0 unspecified atom stereocenters. The number of aromatic nitrogens is 1. The number of nitrogens with two attached hydrogens (primary N) is 1. The molecule has 6 nitrogen and oxygen atoms in total. The number of carbonyl (C=O) groups excluding carboxylic acids is 1. The molecule has 0 spiro atoms. The van der Waals surface area contributed by atoms with Gasteiger partial charge >= 0.3 is 0 Å². The summed E-state index contributed by atoms with van der Waals surface area (Å²) in [4.78, 5) is 16.7. The average molecular weight is 358 g/mol. The number of benzene rings is 1. The van der Waals surface area contributed by atoms with Crippen molar-refractivity contribution in [2.24, 2.45) is 0 Å². The van der Waals surface area contributed by atoms with Crippen molar-refractivity contribution < 1.29 is 19.3 Å². The maximum atomic E-state index is 12.2. The van der Waals surface area contributed by atoms with Gasteiger partial charge in [0.25, 0.3) is 0 Å². The standard InChI is InChI=1S/C18H19N3O3S/c1-23-16-7-3-2-6-15(16)21-17(22)9-18-20-13(12-25-18)10-19-11-14-5-4-8-24-14/h2-8,12,19H,9-11H2,1H3,(H,21,22)/p+1. The van der Waals surface area contributed by atoms with Crippen LogP contribution in [0, 0.1) is 0 Å². The minimum absolute atomic E-state index is 0.107. The Morgan fingerprint density at radius 1 is 1.28 bits per heavy atom. The molecule has 1 aromatic carbocycles. The van der Waals surface area contributed by atoms with Crippen LogP contribution >= 0.6 is 11.3 Å². The summed E-state index contributed by atoms with van der Waals surface area (Å²) in [6, 6.07) is 11.2. The minimum Gasteiger partial charge on any atom is -0.495 e. The average Bonchev–Trinajstić information content (AvgIpc) is 3.27. The molecule has 0 saturated heterocycles. The molecule has 130 valence electrons. The Kier molecular flexibility index (Phi) is 5.81. The number of carbonyl (C=O) groups is 1. The zero-order chi connectivity index (χ0) is 17.5. The number of thiazole rings is 1. The summed E-state index contributed by atoms with van der Waals surface area (Å²) in [6.45, 7) is 1.53. The highest BCUT2D eigenvalue weighted by Gasteiger charge is 2.11. The molecule has 0 aliphatic heterocycles. The fourth-order valence-electron chi connectivity index (χ4n) is 2.39. The Morgan fingerprint density at radius 3 is 2.96 bits per heavy atom. The summed E-state index contributed by atoms with van der Waals surface area (Å²) < 4.78 is 10.5. The second kappa shape index (κ2) is 8.46. The smallest absolute Gasteiger partial charge is 0.231 e. The van der Waals surface area contributed by atoms with E-state index in [2.05, 4.69) is 15.6 Å². The maximum absolute atomic E-state index is 12.2. The molecule has 3 rings (SSSR count). The van der Waals surface area contributed by atoms with Crippen LogP contribution in [0.15, 0.2) is 52.5 Å². The molecule has 1 amide bonds. The van der Waals surface area contributed by atoms with E-state index in [9.17, 15) is 4.79 Å². The van der Waals surface area contributed by atoms with Crippen LogP contribution in [0.3, 0.4) is 0 Å². The highest BCUT2D eigenvalue weighted by atomic mass is 32.1. The molecule has 0 aliphatic carbocycles. The topological polar surface area (TPSA) is 81.0 Å². The van der Waals surface area contributed by atoms with Crippen molar-refractivity contribution >= 4 is 22.9 Å². The molecular weight excluding hydrogens is 338 g/mol. The number of rotatable bonds is 8. The van der Waals surface area contributed by atoms with E-state index < -0.39 is 0 Å². The molecule has 2 aromatic heterocycles. The first-order valence-electron chi connectivity index (χ1n) is 7.95. The molecule has 0 saturated carbocycles. The van der Waals surface area contributed by atoms with Crippen LogP contribution in [0.5, 0.6) is 5.75 Å². The molecular formula is C18H20N3O3S+. The lowest BCUT2D eigenvalue weighted by Gasteiger charge is -2.08. The van der Waals surface area contributed by atoms with Crippen molar-refractivity contribution in [1.29, 1.82) is 0 Å². The first kappa shape index (κ1) is 17.2. The van der Waals surface area contributed by atoms with Crippen LogP contribution in [0.1, 0.15) is 16.5 Å². The van der Waals surface area contributed by atoms with Gasteiger partial charge < -0.3 is 19.8 Å². The predicted molar refractivity (Wildman–Crippen MR) is 95.5 cm³/mol. The van der Waals surface area contributed by atoms with Crippen molar-refractivity contribution in [2.75, 3.05) is 12.4 Å². The molecule has 0 aliphatic rings. The van der Waals surface area contributed by atoms with Crippen LogP contribution in [0.25, 0.3) is 0 Å². The zero-order valence-corrected chi connectivity index (χ0v) is 14.7. The second-order valence-corrected chi connectivity index (χ2v) is 6.38. The number of nitrogens with zero attached hydrogens (tertiary/aromatic N) is 1. The Morgan fingerprint density at radius 2 is 2.16 bits per heavy atom. The van der Waals surface area contributed by atoms with Crippen LogP contribution in [0.2, 0.25) is 0 Å². The predicted octanol–water partition coefficient (Wildman–Crippen LogP) is 2.19. The number of nitrogens with one attached hydrogen (secondary N) is 1. The Labute approximate surface area is 149 Å². The molecule has 0 fully saturated rings. The van der Waals surface area contributed by atoms with Crippen LogP contribution in [0.4, 0.5) is 5.69 Å². The lowest BCUT2D eigenvalue weighted by atomic mass is 10.3. The largest absolute Gasteiger partial charge is 0.495 e. The van der Waals surface area contributed by atoms with Crippen molar-refractivity contribution in [1.82, 2.24) is 4.98 Å². The number of quaternary nitrogens is 1. The van der Waals surface area contributed by atoms with E-state index in [0.29, 0.717) is 11.4 Å². The number of anilines is 1. The van der Waals surface area contributed by atoms with Crippen LogP contribution in [-0.4, -0.2) is 18.0 Å². The first-order valence-corrected chi connectivity index (χ1v) is 8.83. The number of furan rings is 1. The summed E-state index contributed by atoms with van der Waals surface area (Å²) in [5, 5.41) is 7.77. The summed E-state index contributed by atoms with van der Waals surface area (Å²) >= 11 is 1.50. The zero-order valence-electron chi connectivity index (χ0n) is 13.9. The van der Waals surface area contributed by atoms with Crippen molar-refractivity contribution in [3.8, 4) is 5.75 Å². The lowest BCUT2D eigenvalue weighted by Crippen LogP contribution is -2.80. The highest BCUT2D eigenvalue weighted by molar-refractivity contribution is 7.09. The summed E-state index contributed by atoms with van der Waals surface area (Å²) in [6.07, 6.45) is 1.92. The molecule has 2 heterocycles. The van der Waals surface area contributed by atoms with Gasteiger partial charge in [0.2, 0.25) is 5.91 Å². The van der Waals surface area contributed by atoms with Crippen LogP contribution < -0.4 is 15.4 Å². The fourth-order valence-corrected chi connectivity index (χ4v) is 3.20. The SMILES string of the molecule is COc1ccccc1NC(=O)Cc1nc(C[NH2+]Cc2ccco2)cs1. The van der Waals surface area contributed by atoms with Gasteiger partial charge in [0.05, 0.1) is 25.5 Å². The number of methoxy groups -OCH3 is 1. The van der Waals surface area contributed by atoms with Gasteiger partial charge in [-0.15, -0.1) is 11.3 Å². The third-order valence-corrected chi connectivity index (χ3v) is 4.47. The van der Waals surface area contributed by atoms with E-state index in [1.54, 1.807) is 13.4 Å². The van der Waals surface area contributed by atoms with E-state index in [1.165, 1.54) is 11.3 Å². The maximum Gasteiger partial charge on any atom is 0.231 e. The molecule has 0 radical (unpaired) electrons. The number of hydrogen-bond acceptors (Lipinski definition) is 5. The summed E-state index contributed by atoms with van der Waals surface area (Å²) in [5.41, 5.74) is 1.63. The van der Waals surface area contributed by atoms with Gasteiger partial charge in [0.1, 0.15) is 29.5 Å². The number of hydrogen-bond donors (Lipinski definition) is 2. The third kappa shape index (κ3) is 4.91. The Balaban J connectivity index is 1.49. The summed E-state index contributed by atoms with van der Waals surface area (Å²) in [7, 11) is 1.58. The van der Waals surface area contributed by atoms with E-state index in [4.69, 9.17) is 9.15 Å². The van der Waals surface area contributed by atoms with Gasteiger partial charge in [-0.05, 0) is 24.3 Å². The van der Waals surface area contributed by atoms with Gasteiger partial charge in [0, 0.05) is 5.38 Å². The van der Waals surface area contributed by atoms with E-state index in [0.717, 1.165) is 29.6 Å². The normalized spacial score (nSPS) is 10.6. The second-order valence-electron chi connectivity index (χ2n) is 5.43. The van der Waals surface area contributed by atoms with E-state index >= 15 is 0 Å². The first-order chi connectivity index (χ1) is 12.2. The number of amides is 1. The third-order valence-electron chi connectivity index (χ3n) is 3.57. The van der Waals surface area contributed by atoms with Gasteiger partial charge in [-0.1, -0.05) is 12.1 Å². The molecule has 3 N–H and O–H groups in total. The van der Waals surface area contributed by atoms with Gasteiger partial charge in [-0.25, -0.2) is 4.98 Å². The van der Waals surface area contributed by atoms with Gasteiger partial charge in [-0.3, -0.25) is 4.79 Å². The van der Waals surface area contributed by atoms with Crippen LogP contribution in [-0.2, 0) is 24.3 Å². The molecule has 7 heteroatoms. The Hall–Kier alpha value is -2.64. The fraction of sp³-hybridized carbons (Fsp3) is 0.222. The highest BCUT2D eigenvalue weighted by Crippen LogP contribution is 2.23. The number of para-hydroxylation sites is 2. The summed E-state index contributed by atoms with van der Waals surface area (Å²) in [5.74, 6) is 1.47. The van der Waals surface area contributed by atoms with E-state index in [-0.39, 0.29) is 12.3 Å². The molecule has 0 bridgehead atoms. The number of ether oxygens (including phenoxy) is 1.